The SMILES string of the molecule is CC(C)(N)CNc1nc(-c2cccnc2)no1. The van der Waals surface area contributed by atoms with Crippen molar-refractivity contribution in [2.45, 2.75) is 19.4 Å². The third-order valence-corrected chi connectivity index (χ3v) is 2.04. The first-order chi connectivity index (χ1) is 8.04. The van der Waals surface area contributed by atoms with Crippen molar-refractivity contribution in [2.24, 2.45) is 5.73 Å². The molecule has 0 fully saturated rings. The maximum atomic E-state index is 5.84. The van der Waals surface area contributed by atoms with E-state index in [2.05, 4.69) is 20.4 Å². The molecule has 0 spiro atoms. The van der Waals surface area contributed by atoms with E-state index in [-0.39, 0.29) is 5.54 Å². The molecule has 0 unspecified atom stereocenters. The molecule has 2 aromatic rings. The van der Waals surface area contributed by atoms with E-state index in [1.807, 2.05) is 26.0 Å². The molecular weight excluding hydrogens is 218 g/mol. The number of anilines is 1. The quantitative estimate of drug-likeness (QED) is 0.826. The molecule has 0 aliphatic rings. The summed E-state index contributed by atoms with van der Waals surface area (Å²) < 4.78 is 5.06. The molecule has 90 valence electrons. The van der Waals surface area contributed by atoms with Gasteiger partial charge in [-0.05, 0) is 26.0 Å². The van der Waals surface area contributed by atoms with Crippen molar-refractivity contribution in [2.75, 3.05) is 11.9 Å². The fraction of sp³-hybridized carbons (Fsp3) is 0.364. The van der Waals surface area contributed by atoms with Crippen LogP contribution in [0.2, 0.25) is 0 Å². The Morgan fingerprint density at radius 1 is 1.47 bits per heavy atom. The Balaban J connectivity index is 2.07. The molecule has 0 radical (unpaired) electrons. The van der Waals surface area contributed by atoms with Crippen molar-refractivity contribution < 1.29 is 4.52 Å². The summed E-state index contributed by atoms with van der Waals surface area (Å²) in [7, 11) is 0. The lowest BCUT2D eigenvalue weighted by molar-refractivity contribution is 0.426. The van der Waals surface area contributed by atoms with Gasteiger partial charge in [0.2, 0.25) is 5.82 Å². The standard InChI is InChI=1S/C11H15N5O/c1-11(2,12)7-14-10-15-9(16-17-10)8-4-3-5-13-6-8/h3-6H,7,12H2,1-2H3,(H,14,15,16). The van der Waals surface area contributed by atoms with Crippen LogP contribution in [-0.2, 0) is 0 Å². The highest BCUT2D eigenvalue weighted by atomic mass is 16.5. The van der Waals surface area contributed by atoms with Gasteiger partial charge < -0.3 is 15.6 Å². The van der Waals surface area contributed by atoms with Crippen LogP contribution in [0.15, 0.2) is 29.0 Å². The smallest absolute Gasteiger partial charge is 0.321 e. The zero-order chi connectivity index (χ0) is 12.3. The summed E-state index contributed by atoms with van der Waals surface area (Å²) in [5.74, 6) is 0.510. The Morgan fingerprint density at radius 3 is 2.94 bits per heavy atom. The fourth-order valence-electron chi connectivity index (χ4n) is 1.21. The molecule has 6 nitrogen and oxygen atoms in total. The summed E-state index contributed by atoms with van der Waals surface area (Å²) in [5, 5.41) is 6.85. The highest BCUT2D eigenvalue weighted by Gasteiger charge is 2.13. The Morgan fingerprint density at radius 2 is 2.29 bits per heavy atom. The molecular formula is C11H15N5O. The minimum absolute atomic E-state index is 0.330. The molecule has 0 saturated carbocycles. The largest absolute Gasteiger partial charge is 0.336 e. The molecule has 2 aromatic heterocycles. The molecule has 0 aromatic carbocycles. The lowest BCUT2D eigenvalue weighted by Gasteiger charge is -2.17. The molecule has 3 N–H and O–H groups in total. The van der Waals surface area contributed by atoms with Gasteiger partial charge in [-0.15, -0.1) is 0 Å². The van der Waals surface area contributed by atoms with Gasteiger partial charge in [-0.2, -0.15) is 4.98 Å². The van der Waals surface area contributed by atoms with Crippen molar-refractivity contribution in [3.8, 4) is 11.4 Å². The van der Waals surface area contributed by atoms with E-state index < -0.39 is 0 Å². The summed E-state index contributed by atoms with van der Waals surface area (Å²) in [4.78, 5) is 8.19. The molecule has 0 bridgehead atoms. The van der Waals surface area contributed by atoms with Crippen LogP contribution in [0.3, 0.4) is 0 Å². The fourth-order valence-corrected chi connectivity index (χ4v) is 1.21. The van der Waals surface area contributed by atoms with Crippen LogP contribution in [0, 0.1) is 0 Å². The van der Waals surface area contributed by atoms with E-state index in [0.29, 0.717) is 18.4 Å². The van der Waals surface area contributed by atoms with Crippen LogP contribution in [-0.4, -0.2) is 27.2 Å². The maximum absolute atomic E-state index is 5.84. The van der Waals surface area contributed by atoms with Gasteiger partial charge in [0.05, 0.1) is 0 Å². The van der Waals surface area contributed by atoms with Gasteiger partial charge in [-0.25, -0.2) is 0 Å². The summed E-state index contributed by atoms with van der Waals surface area (Å²) in [6, 6.07) is 4.05. The van der Waals surface area contributed by atoms with Crippen LogP contribution >= 0.6 is 0 Å². The third-order valence-electron chi connectivity index (χ3n) is 2.04. The molecule has 0 aliphatic carbocycles. The second-order valence-corrected chi connectivity index (χ2v) is 4.51. The Kier molecular flexibility index (Phi) is 3.06. The van der Waals surface area contributed by atoms with Crippen LogP contribution in [0.4, 0.5) is 6.01 Å². The number of rotatable bonds is 4. The van der Waals surface area contributed by atoms with Crippen molar-refractivity contribution in [3.05, 3.63) is 24.5 Å². The summed E-state index contributed by atoms with van der Waals surface area (Å²) in [6.07, 6.45) is 3.38. The summed E-state index contributed by atoms with van der Waals surface area (Å²) in [6.45, 7) is 4.39. The molecule has 0 aliphatic heterocycles. The molecule has 0 saturated heterocycles. The van der Waals surface area contributed by atoms with E-state index in [0.717, 1.165) is 5.56 Å². The van der Waals surface area contributed by atoms with Crippen molar-refractivity contribution in [1.82, 2.24) is 15.1 Å². The highest BCUT2D eigenvalue weighted by Crippen LogP contribution is 2.16. The van der Waals surface area contributed by atoms with Gasteiger partial charge in [0.1, 0.15) is 0 Å². The zero-order valence-electron chi connectivity index (χ0n) is 9.84. The molecule has 2 rings (SSSR count). The van der Waals surface area contributed by atoms with Crippen molar-refractivity contribution in [1.29, 1.82) is 0 Å². The van der Waals surface area contributed by atoms with Gasteiger partial charge in [-0.3, -0.25) is 4.98 Å². The van der Waals surface area contributed by atoms with Gasteiger partial charge in [0.15, 0.2) is 0 Å². The number of nitrogens with one attached hydrogen (secondary N) is 1. The number of hydrogen-bond donors (Lipinski definition) is 2. The first-order valence-corrected chi connectivity index (χ1v) is 5.31. The highest BCUT2D eigenvalue weighted by molar-refractivity contribution is 5.53. The van der Waals surface area contributed by atoms with E-state index >= 15 is 0 Å². The van der Waals surface area contributed by atoms with Gasteiger partial charge >= 0.3 is 6.01 Å². The third kappa shape index (κ3) is 3.25. The maximum Gasteiger partial charge on any atom is 0.321 e. The van der Waals surface area contributed by atoms with E-state index in [9.17, 15) is 0 Å². The molecule has 2 heterocycles. The Bertz CT molecular complexity index is 474. The summed E-state index contributed by atoms with van der Waals surface area (Å²) >= 11 is 0. The number of aromatic nitrogens is 3. The lowest BCUT2D eigenvalue weighted by Crippen LogP contribution is -2.39. The number of pyridine rings is 1. The minimum atomic E-state index is -0.330. The molecule has 17 heavy (non-hydrogen) atoms. The van der Waals surface area contributed by atoms with E-state index in [1.165, 1.54) is 0 Å². The predicted molar refractivity (Wildman–Crippen MR) is 64.3 cm³/mol. The normalized spacial score (nSPS) is 11.5. The lowest BCUT2D eigenvalue weighted by atomic mass is 10.1. The predicted octanol–water partition coefficient (Wildman–Crippen LogP) is 1.28. The second kappa shape index (κ2) is 4.50. The van der Waals surface area contributed by atoms with Crippen LogP contribution < -0.4 is 11.1 Å². The first kappa shape index (κ1) is 11.5. The average molecular weight is 233 g/mol. The van der Waals surface area contributed by atoms with Crippen LogP contribution in [0.25, 0.3) is 11.4 Å². The number of nitrogens with zero attached hydrogens (tertiary/aromatic N) is 3. The second-order valence-electron chi connectivity index (χ2n) is 4.51. The minimum Gasteiger partial charge on any atom is -0.336 e. The van der Waals surface area contributed by atoms with Crippen LogP contribution in [0.5, 0.6) is 0 Å². The zero-order valence-corrected chi connectivity index (χ0v) is 9.84. The number of hydrogen-bond acceptors (Lipinski definition) is 6. The van der Waals surface area contributed by atoms with Gasteiger partial charge in [-0.1, -0.05) is 5.16 Å². The Labute approximate surface area is 99.2 Å². The van der Waals surface area contributed by atoms with Gasteiger partial charge in [0, 0.05) is 30.0 Å². The van der Waals surface area contributed by atoms with Crippen molar-refractivity contribution in [3.63, 3.8) is 0 Å². The van der Waals surface area contributed by atoms with E-state index in [4.69, 9.17) is 10.3 Å². The topological polar surface area (TPSA) is 89.9 Å². The first-order valence-electron chi connectivity index (χ1n) is 5.31. The average Bonchev–Trinajstić information content (AvgIpc) is 2.75. The van der Waals surface area contributed by atoms with Crippen molar-refractivity contribution >= 4 is 6.01 Å². The van der Waals surface area contributed by atoms with E-state index in [1.54, 1.807) is 12.4 Å². The monoisotopic (exact) mass is 233 g/mol. The Hall–Kier alpha value is -1.95. The van der Waals surface area contributed by atoms with Gasteiger partial charge in [0.25, 0.3) is 0 Å². The number of nitrogens with two attached hydrogens (primary N) is 1. The summed E-state index contributed by atoms with van der Waals surface area (Å²) in [5.41, 5.74) is 6.32. The molecule has 0 atom stereocenters. The van der Waals surface area contributed by atoms with Crippen LogP contribution in [0.1, 0.15) is 13.8 Å². The molecule has 6 heteroatoms. The molecule has 0 amide bonds.